The third-order valence-electron chi connectivity index (χ3n) is 11.6. The summed E-state index contributed by atoms with van der Waals surface area (Å²) in [6.45, 7) is 21.4. The molecule has 0 fully saturated rings. The number of methoxy groups -OCH3 is 2. The summed E-state index contributed by atoms with van der Waals surface area (Å²) >= 11 is 1.30. The molecule has 0 N–H and O–H groups in total. The molecular formula is C49H54O4S2. The minimum Gasteiger partial charge on any atom is -0.365 e. The van der Waals surface area contributed by atoms with E-state index in [2.05, 4.69) is 141 Å². The highest BCUT2D eigenvalue weighted by Crippen LogP contribution is 2.42. The summed E-state index contributed by atoms with van der Waals surface area (Å²) in [5, 5.41) is 6.88. The van der Waals surface area contributed by atoms with Crippen LogP contribution in [0.15, 0.2) is 88.0 Å². The van der Waals surface area contributed by atoms with Gasteiger partial charge in [-0.25, -0.2) is 8.42 Å². The molecule has 0 aliphatic rings. The van der Waals surface area contributed by atoms with Crippen LogP contribution in [0.2, 0.25) is 0 Å². The van der Waals surface area contributed by atoms with Crippen LogP contribution in [0, 0.1) is 47.4 Å². The first-order valence-electron chi connectivity index (χ1n) is 19.4. The van der Waals surface area contributed by atoms with Gasteiger partial charge in [-0.15, -0.1) is 11.3 Å². The second-order valence-corrected chi connectivity index (χ2v) is 19.6. The van der Waals surface area contributed by atoms with Crippen molar-refractivity contribution >= 4 is 63.6 Å². The number of hydrogen-bond donors (Lipinski definition) is 0. The molecule has 55 heavy (non-hydrogen) atoms. The molecule has 0 saturated carbocycles. The van der Waals surface area contributed by atoms with Crippen LogP contribution in [0.3, 0.4) is 0 Å². The minimum absolute atomic E-state index is 0.133. The number of sulfone groups is 1. The number of thiophene rings is 1. The lowest BCUT2D eigenvalue weighted by Gasteiger charge is -2.35. The highest BCUT2D eigenvalue weighted by molar-refractivity contribution is 7.93. The van der Waals surface area contributed by atoms with E-state index in [1.165, 1.54) is 11.3 Å². The van der Waals surface area contributed by atoms with E-state index in [9.17, 15) is 8.42 Å². The van der Waals surface area contributed by atoms with Crippen LogP contribution in [0.5, 0.6) is 0 Å². The Hall–Kier alpha value is -4.17. The molecule has 6 aromatic rings. The Kier molecular flexibility index (Phi) is 11.3. The summed E-state index contributed by atoms with van der Waals surface area (Å²) in [6, 6.07) is 26.1. The van der Waals surface area contributed by atoms with Crippen molar-refractivity contribution in [2.24, 2.45) is 23.7 Å². The average molecular weight is 771 g/mol. The van der Waals surface area contributed by atoms with Crippen molar-refractivity contribution in [3.63, 3.8) is 0 Å². The van der Waals surface area contributed by atoms with Gasteiger partial charge in [0.25, 0.3) is 0 Å². The van der Waals surface area contributed by atoms with E-state index >= 15 is 0 Å². The van der Waals surface area contributed by atoms with Crippen LogP contribution in [-0.4, -0.2) is 33.8 Å². The second kappa shape index (κ2) is 15.4. The van der Waals surface area contributed by atoms with Gasteiger partial charge in [0.05, 0.1) is 4.90 Å². The third kappa shape index (κ3) is 7.09. The molecule has 0 atom stereocenters. The van der Waals surface area contributed by atoms with Crippen LogP contribution in [0.25, 0.3) is 42.4 Å². The molecule has 1 heterocycles. The molecule has 6 rings (SSSR count). The van der Waals surface area contributed by atoms with E-state index in [4.69, 9.17) is 9.47 Å². The van der Waals surface area contributed by atoms with E-state index in [0.29, 0.717) is 15.0 Å². The normalized spacial score (nSPS) is 12.8. The quantitative estimate of drug-likeness (QED) is 0.109. The fraction of sp³-hybridized carbons (Fsp3) is 0.388. The van der Waals surface area contributed by atoms with Crippen LogP contribution < -0.4 is 0 Å². The van der Waals surface area contributed by atoms with Crippen LogP contribution in [0.4, 0.5) is 0 Å². The summed E-state index contributed by atoms with van der Waals surface area (Å²) in [7, 11) is -0.270. The Morgan fingerprint density at radius 2 is 0.982 bits per heavy atom. The Labute approximate surface area is 332 Å². The van der Waals surface area contributed by atoms with Gasteiger partial charge >= 0.3 is 0 Å². The van der Waals surface area contributed by atoms with E-state index < -0.39 is 21.0 Å². The summed E-state index contributed by atoms with van der Waals surface area (Å²) in [6.07, 6.45) is 0. The van der Waals surface area contributed by atoms with Gasteiger partial charge in [0.15, 0.2) is 0 Å². The van der Waals surface area contributed by atoms with Gasteiger partial charge in [-0.2, -0.15) is 0 Å². The molecule has 6 heteroatoms. The van der Waals surface area contributed by atoms with Gasteiger partial charge in [0, 0.05) is 35.4 Å². The maximum absolute atomic E-state index is 14.1. The second-order valence-electron chi connectivity index (χ2n) is 16.3. The first-order valence-corrected chi connectivity index (χ1v) is 21.7. The standard InChI is InChI=1S/C49H54O4S2/c1-30(2)35-17-19-39(20-18-35)55(50,51)47-28-38-27-44-40(21-23-48(52-11,31(3)4)32(5)6)42-25-36-15-13-14-16-37(36)26-43(42)41(45(44)29-46(38)54-47)22-24-49(53-12,33(7)8)34(9)10/h13-20,25-34H,1-12H3. The molecule has 0 spiro atoms. The summed E-state index contributed by atoms with van der Waals surface area (Å²) in [5.41, 5.74) is 1.48. The molecule has 0 aliphatic heterocycles. The zero-order valence-electron chi connectivity index (χ0n) is 34.3. The monoisotopic (exact) mass is 770 g/mol. The summed E-state index contributed by atoms with van der Waals surface area (Å²) < 4.78 is 41.9. The average Bonchev–Trinajstić information content (AvgIpc) is 3.58. The molecule has 0 aliphatic carbocycles. The lowest BCUT2D eigenvalue weighted by atomic mass is 9.79. The Morgan fingerprint density at radius 3 is 1.38 bits per heavy atom. The van der Waals surface area contributed by atoms with Crippen molar-refractivity contribution < 1.29 is 17.9 Å². The Bertz CT molecular complexity index is 2480. The Balaban J connectivity index is 1.76. The number of hydrogen-bond acceptors (Lipinski definition) is 5. The lowest BCUT2D eigenvalue weighted by molar-refractivity contribution is -0.0338. The van der Waals surface area contributed by atoms with E-state index in [0.717, 1.165) is 59.1 Å². The van der Waals surface area contributed by atoms with Crippen LogP contribution in [0.1, 0.15) is 91.8 Å². The molecule has 5 aromatic carbocycles. The minimum atomic E-state index is -3.76. The first kappa shape index (κ1) is 40.5. The molecular weight excluding hydrogens is 717 g/mol. The molecule has 1 aromatic heterocycles. The molecule has 286 valence electrons. The van der Waals surface area contributed by atoms with Crippen LogP contribution >= 0.6 is 11.3 Å². The van der Waals surface area contributed by atoms with Crippen LogP contribution in [-0.2, 0) is 19.3 Å². The van der Waals surface area contributed by atoms with Gasteiger partial charge in [-0.3, -0.25) is 0 Å². The maximum Gasteiger partial charge on any atom is 0.215 e. The van der Waals surface area contributed by atoms with Gasteiger partial charge in [0.1, 0.15) is 15.4 Å². The van der Waals surface area contributed by atoms with Crippen molar-refractivity contribution in [1.82, 2.24) is 0 Å². The zero-order chi connectivity index (χ0) is 40.0. The van der Waals surface area contributed by atoms with E-state index in [1.54, 1.807) is 26.4 Å². The number of ether oxygens (including phenoxy) is 2. The lowest BCUT2D eigenvalue weighted by Crippen LogP contribution is -2.41. The topological polar surface area (TPSA) is 52.6 Å². The predicted octanol–water partition coefficient (Wildman–Crippen LogP) is 12.4. The van der Waals surface area contributed by atoms with Crippen molar-refractivity contribution in [2.75, 3.05) is 14.2 Å². The van der Waals surface area contributed by atoms with Crippen molar-refractivity contribution in [2.45, 2.75) is 95.5 Å². The number of fused-ring (bicyclic) bond motifs is 4. The van der Waals surface area contributed by atoms with E-state index in [1.807, 2.05) is 18.2 Å². The first-order chi connectivity index (χ1) is 26.0. The summed E-state index contributed by atoms with van der Waals surface area (Å²) in [5.74, 6) is 15.5. The smallest absolute Gasteiger partial charge is 0.215 e. The van der Waals surface area contributed by atoms with Gasteiger partial charge in [-0.1, -0.05) is 129 Å². The molecule has 0 saturated heterocycles. The van der Waals surface area contributed by atoms with E-state index in [-0.39, 0.29) is 23.7 Å². The fourth-order valence-electron chi connectivity index (χ4n) is 8.25. The predicted molar refractivity (Wildman–Crippen MR) is 233 cm³/mol. The highest BCUT2D eigenvalue weighted by Gasteiger charge is 2.37. The number of benzene rings is 5. The number of rotatable bonds is 9. The van der Waals surface area contributed by atoms with Crippen molar-refractivity contribution in [3.05, 3.63) is 95.6 Å². The van der Waals surface area contributed by atoms with Gasteiger partial charge < -0.3 is 9.47 Å². The van der Waals surface area contributed by atoms with Gasteiger partial charge in [-0.05, 0) is 110 Å². The maximum atomic E-state index is 14.1. The SMILES string of the molecule is COC(C#Cc1c2cc3ccccc3cc2c(C#CC(OC)(C(C)C)C(C)C)c2cc3sc(S(=O)(=O)c4ccc(C(C)C)cc4)cc3cc12)(C(C)C)C(C)C. The summed E-state index contributed by atoms with van der Waals surface area (Å²) in [4.78, 5) is 0.292. The largest absolute Gasteiger partial charge is 0.365 e. The van der Waals surface area contributed by atoms with Crippen molar-refractivity contribution in [1.29, 1.82) is 0 Å². The van der Waals surface area contributed by atoms with Crippen molar-refractivity contribution in [3.8, 4) is 23.7 Å². The zero-order valence-corrected chi connectivity index (χ0v) is 36.0. The third-order valence-corrected chi connectivity index (χ3v) is 14.9. The van der Waals surface area contributed by atoms with Gasteiger partial charge in [0.2, 0.25) is 9.84 Å². The molecule has 0 bridgehead atoms. The molecule has 0 unspecified atom stereocenters. The molecule has 0 amide bonds. The fourth-order valence-corrected chi connectivity index (χ4v) is 11.1. The highest BCUT2D eigenvalue weighted by atomic mass is 32.2. The molecule has 4 nitrogen and oxygen atoms in total. The molecule has 0 radical (unpaired) electrons. The Morgan fingerprint density at radius 1 is 0.564 bits per heavy atom.